The largest absolute Gasteiger partial charge is 0.329 e. The smallest absolute Gasteiger partial charge is 0.321 e. The monoisotopic (exact) mass is 614 g/mol. The number of nitrogens with zero attached hydrogens (tertiary/aromatic N) is 2. The van der Waals surface area contributed by atoms with Gasteiger partial charge >= 0.3 is 6.03 Å². The Morgan fingerprint density at radius 1 is 1.14 bits per heavy atom. The third-order valence-corrected chi connectivity index (χ3v) is 7.59. The molecule has 2 amide bonds. The summed E-state index contributed by atoms with van der Waals surface area (Å²) in [6.07, 6.45) is 9.67. The van der Waals surface area contributed by atoms with Gasteiger partial charge < -0.3 is 26.6 Å². The molecule has 0 aliphatic heterocycles. The van der Waals surface area contributed by atoms with Crippen LogP contribution in [-0.4, -0.2) is 75.3 Å². The van der Waals surface area contributed by atoms with Gasteiger partial charge in [-0.05, 0) is 93.8 Å². The molecule has 1 aromatic heterocycles. The van der Waals surface area contributed by atoms with Crippen LogP contribution in [-0.2, 0) is 17.6 Å². The number of allylic oxidation sites excluding steroid dienone is 1. The number of nitrogens with one attached hydrogen (secondary N) is 3. The zero-order valence-electron chi connectivity index (χ0n) is 28.1. The molecule has 2 aromatic rings. The van der Waals surface area contributed by atoms with Gasteiger partial charge in [-0.3, -0.25) is 4.79 Å². The maximum atomic E-state index is 11.8. The highest BCUT2D eigenvalue weighted by Crippen LogP contribution is 2.38. The molecule has 1 aromatic carbocycles. The first kappa shape index (κ1) is 40.3. The van der Waals surface area contributed by atoms with Gasteiger partial charge in [0, 0.05) is 49.7 Å². The Balaban J connectivity index is 0.000000687. The molecule has 0 spiro atoms. The number of pyridine rings is 1. The number of hydrogen-bond donors (Lipinski definition) is 4. The van der Waals surface area contributed by atoms with E-state index in [4.69, 9.17) is 10.7 Å². The number of aryl methyl sites for hydroxylation is 1. The number of carbonyl (C=O) groups is 2. The molecule has 0 fully saturated rings. The van der Waals surface area contributed by atoms with Crippen LogP contribution < -0.4 is 21.7 Å². The number of hydrogen-bond acceptors (Lipinski definition) is 7. The van der Waals surface area contributed by atoms with Gasteiger partial charge in [-0.25, -0.2) is 9.78 Å². The Labute approximate surface area is 266 Å². The molecule has 1 unspecified atom stereocenters. The van der Waals surface area contributed by atoms with Crippen LogP contribution in [0.15, 0.2) is 47.5 Å². The number of urea groups is 1. The van der Waals surface area contributed by atoms with Gasteiger partial charge in [-0.15, -0.1) is 11.8 Å². The summed E-state index contributed by atoms with van der Waals surface area (Å²) in [5, 5.41) is 9.81. The number of carbonyl (C=O) groups excluding carboxylic acids is 2. The van der Waals surface area contributed by atoms with Gasteiger partial charge in [0.1, 0.15) is 11.3 Å². The van der Waals surface area contributed by atoms with Gasteiger partial charge in [0.25, 0.3) is 0 Å². The van der Waals surface area contributed by atoms with E-state index in [0.29, 0.717) is 24.4 Å². The molecule has 0 saturated heterocycles. The topological polar surface area (TPSA) is 112 Å². The van der Waals surface area contributed by atoms with E-state index in [2.05, 4.69) is 42.8 Å². The second-order valence-corrected chi connectivity index (χ2v) is 11.7. The van der Waals surface area contributed by atoms with Crippen molar-refractivity contribution in [3.05, 3.63) is 59.3 Å². The Morgan fingerprint density at radius 2 is 1.79 bits per heavy atom. The molecule has 43 heavy (non-hydrogen) atoms. The highest BCUT2D eigenvalue weighted by molar-refractivity contribution is 7.98. The lowest BCUT2D eigenvalue weighted by atomic mass is 9.71. The predicted molar refractivity (Wildman–Crippen MR) is 187 cm³/mol. The average Bonchev–Trinajstić information content (AvgIpc) is 3.01. The molecule has 3 rings (SSSR count). The first-order chi connectivity index (χ1) is 20.6. The van der Waals surface area contributed by atoms with Gasteiger partial charge in [0.05, 0.1) is 0 Å². The molecule has 0 bridgehead atoms. The summed E-state index contributed by atoms with van der Waals surface area (Å²) in [5.41, 5.74) is 9.92. The molecule has 0 saturated carbocycles. The first-order valence-electron chi connectivity index (χ1n) is 15.4. The summed E-state index contributed by atoms with van der Waals surface area (Å²) in [4.78, 5) is 28.9. The zero-order valence-corrected chi connectivity index (χ0v) is 28.9. The summed E-state index contributed by atoms with van der Waals surface area (Å²) >= 11 is 1.65. The fourth-order valence-electron chi connectivity index (χ4n) is 4.35. The number of para-hydroxylation sites is 1. The van der Waals surface area contributed by atoms with Crippen molar-refractivity contribution in [3.63, 3.8) is 0 Å². The number of benzene rings is 1. The normalized spacial score (nSPS) is 13.7. The van der Waals surface area contributed by atoms with Gasteiger partial charge in [-0.1, -0.05) is 52.8 Å². The Hall–Kier alpha value is -2.72. The van der Waals surface area contributed by atoms with Crippen molar-refractivity contribution in [2.24, 2.45) is 17.1 Å². The lowest BCUT2D eigenvalue weighted by Crippen LogP contribution is -2.38. The molecule has 9 heteroatoms. The van der Waals surface area contributed by atoms with Crippen molar-refractivity contribution in [2.45, 2.75) is 65.8 Å². The predicted octanol–water partition coefficient (Wildman–Crippen LogP) is 6.12. The number of likely N-dealkylation sites (N-methyl/N-ethyl adjacent to an activating group) is 3. The number of aldehydes is 1. The molecule has 1 aliphatic rings. The second kappa shape index (κ2) is 23.7. The molecule has 1 heterocycles. The number of nitrogens with two attached hydrogens (primary N) is 1. The number of anilines is 1. The van der Waals surface area contributed by atoms with Crippen LogP contribution in [0.3, 0.4) is 0 Å². The maximum Gasteiger partial charge on any atom is 0.321 e. The summed E-state index contributed by atoms with van der Waals surface area (Å²) in [6, 6.07) is 11.7. The van der Waals surface area contributed by atoms with E-state index >= 15 is 0 Å². The van der Waals surface area contributed by atoms with Gasteiger partial charge in [0.2, 0.25) is 0 Å². The quantitative estimate of drug-likeness (QED) is 0.145. The van der Waals surface area contributed by atoms with Gasteiger partial charge in [0.15, 0.2) is 0 Å². The highest BCUT2D eigenvalue weighted by atomic mass is 32.2. The van der Waals surface area contributed by atoms with Crippen LogP contribution in [0.5, 0.6) is 0 Å². The van der Waals surface area contributed by atoms with Crippen LogP contribution in [0.25, 0.3) is 6.08 Å². The number of amides is 2. The Kier molecular flexibility index (Phi) is 22.2. The van der Waals surface area contributed by atoms with Crippen molar-refractivity contribution in [1.82, 2.24) is 20.5 Å². The minimum Gasteiger partial charge on any atom is -0.329 e. The van der Waals surface area contributed by atoms with Crippen molar-refractivity contribution < 1.29 is 9.59 Å². The molecule has 0 radical (unpaired) electrons. The number of fused-ring (bicyclic) bond motifs is 1. The summed E-state index contributed by atoms with van der Waals surface area (Å²) < 4.78 is 0. The summed E-state index contributed by atoms with van der Waals surface area (Å²) in [6.45, 7) is 16.8. The molecule has 8 nitrogen and oxygen atoms in total. The van der Waals surface area contributed by atoms with Crippen molar-refractivity contribution in [2.75, 3.05) is 58.4 Å². The highest BCUT2D eigenvalue weighted by Gasteiger charge is 2.29. The van der Waals surface area contributed by atoms with Crippen molar-refractivity contribution in [3.8, 4) is 0 Å². The van der Waals surface area contributed by atoms with Crippen LogP contribution in [0.1, 0.15) is 64.8 Å². The van der Waals surface area contributed by atoms with Crippen molar-refractivity contribution >= 4 is 35.8 Å². The minimum absolute atomic E-state index is 0.0519. The van der Waals surface area contributed by atoms with E-state index in [-0.39, 0.29) is 6.03 Å². The second-order valence-electron chi connectivity index (χ2n) is 10.9. The summed E-state index contributed by atoms with van der Waals surface area (Å²) in [7, 11) is 3.76. The number of thioether (sulfide) groups is 1. The van der Waals surface area contributed by atoms with Crippen LogP contribution in [0.2, 0.25) is 0 Å². The minimum atomic E-state index is -0.0519. The lowest BCUT2D eigenvalue weighted by molar-refractivity contribution is -0.104. The molecular formula is C34H58N6O2S. The lowest BCUT2D eigenvalue weighted by Gasteiger charge is -2.34. The van der Waals surface area contributed by atoms with E-state index in [1.54, 1.807) is 22.7 Å². The molecule has 1 aliphatic carbocycles. The van der Waals surface area contributed by atoms with E-state index in [1.165, 1.54) is 17.7 Å². The number of aromatic nitrogens is 1. The fraction of sp³-hybridized carbons (Fsp3) is 0.559. The van der Waals surface area contributed by atoms with Crippen LogP contribution in [0, 0.1) is 11.3 Å². The zero-order chi connectivity index (χ0) is 32.7. The third-order valence-electron chi connectivity index (χ3n) is 6.87. The third kappa shape index (κ3) is 16.1. The first-order valence-corrected chi connectivity index (χ1v) is 16.7. The van der Waals surface area contributed by atoms with E-state index in [0.717, 1.165) is 55.0 Å². The molecular weight excluding hydrogens is 556 g/mol. The van der Waals surface area contributed by atoms with E-state index in [9.17, 15) is 9.59 Å². The van der Waals surface area contributed by atoms with E-state index in [1.807, 2.05) is 77.5 Å². The molecule has 242 valence electrons. The van der Waals surface area contributed by atoms with Gasteiger partial charge in [-0.2, -0.15) is 0 Å². The summed E-state index contributed by atoms with van der Waals surface area (Å²) in [5.74, 6) is 0.708. The Morgan fingerprint density at radius 3 is 2.28 bits per heavy atom. The standard InChI is InChI=1S/C17H23NOS.C12H19N3O.C3H10N2.C2H6/c1-17(2,3)14-7-8-15-13(11-14)10-12(6-5-9-19)16(18-15)20-4;1-3-15(10-9-13-2)12(16)14-11-7-5-4-6-8-11;1-5-3-2-4;1-2/h5-6,9-10,14H,7-8,11H2,1-4H3;4-8,13H,3,9-10H2,1-2H3,(H,14,16);5H,2-4H2,1H3;1-2H3/b6-5+;;;. The van der Waals surface area contributed by atoms with Crippen LogP contribution >= 0.6 is 11.8 Å². The van der Waals surface area contributed by atoms with E-state index < -0.39 is 0 Å². The SMILES string of the molecule is CC.CCN(CCNC)C(=O)Nc1ccccc1.CNCCN.CSc1nc2c(cc1/C=C/C=O)CC(C(C)(C)C)CC2. The number of rotatable bonds is 10. The maximum absolute atomic E-state index is 11.8. The fourth-order valence-corrected chi connectivity index (χ4v) is 4.91. The Bertz CT molecular complexity index is 1050. The van der Waals surface area contributed by atoms with Crippen LogP contribution in [0.4, 0.5) is 10.5 Å². The molecule has 5 N–H and O–H groups in total. The van der Waals surface area contributed by atoms with Crippen molar-refractivity contribution in [1.29, 1.82) is 0 Å². The molecule has 1 atom stereocenters. The average molecular weight is 615 g/mol.